The van der Waals surface area contributed by atoms with Gasteiger partial charge in [0.05, 0.1) is 12.5 Å². The third kappa shape index (κ3) is 3.35. The Bertz CT molecular complexity index is 1140. The quantitative estimate of drug-likeness (QED) is 0.567. The summed E-state index contributed by atoms with van der Waals surface area (Å²) in [6.45, 7) is 1.50. The van der Waals surface area contributed by atoms with Crippen LogP contribution < -0.4 is 10.2 Å². The van der Waals surface area contributed by atoms with Crippen molar-refractivity contribution in [3.05, 3.63) is 60.3 Å². The number of carbonyl (C=O) groups is 1. The van der Waals surface area contributed by atoms with E-state index in [1.165, 1.54) is 0 Å². The van der Waals surface area contributed by atoms with E-state index in [2.05, 4.69) is 31.9 Å². The molecule has 2 aromatic heterocycles. The van der Waals surface area contributed by atoms with Crippen molar-refractivity contribution in [3.8, 4) is 0 Å². The number of benzene rings is 2. The smallest absolute Gasteiger partial charge is 0.298 e. The van der Waals surface area contributed by atoms with Crippen molar-refractivity contribution in [2.45, 2.75) is 25.3 Å². The SMILES string of the molecule is Cn1cc(CC(=O)NC[C@H]2CCCN2c2nc3ccccc3o2)c2ccccc21. The van der Waals surface area contributed by atoms with Crippen LogP contribution >= 0.6 is 0 Å². The Morgan fingerprint density at radius 3 is 2.93 bits per heavy atom. The van der Waals surface area contributed by atoms with Crippen molar-refractivity contribution in [2.24, 2.45) is 7.05 Å². The van der Waals surface area contributed by atoms with Crippen molar-refractivity contribution < 1.29 is 9.21 Å². The summed E-state index contributed by atoms with van der Waals surface area (Å²) >= 11 is 0. The molecule has 0 spiro atoms. The maximum absolute atomic E-state index is 12.6. The van der Waals surface area contributed by atoms with Crippen LogP contribution in [-0.4, -0.2) is 34.6 Å². The molecule has 0 unspecified atom stereocenters. The van der Waals surface area contributed by atoms with Crippen LogP contribution in [0.5, 0.6) is 0 Å². The number of aryl methyl sites for hydroxylation is 1. The van der Waals surface area contributed by atoms with E-state index in [0.29, 0.717) is 19.0 Å². The molecular formula is C23H24N4O2. The fourth-order valence-corrected chi connectivity index (χ4v) is 4.32. The van der Waals surface area contributed by atoms with E-state index in [1.54, 1.807) is 0 Å². The standard InChI is InChI=1S/C23H24N4O2/c1-26-15-16(18-8-2-4-10-20(18)26)13-22(28)24-14-17-7-6-12-27(17)23-25-19-9-3-5-11-21(19)29-23/h2-5,8-11,15,17H,6-7,12-14H2,1H3,(H,24,28)/t17-/m1/s1. The predicted molar refractivity (Wildman–Crippen MR) is 114 cm³/mol. The molecular weight excluding hydrogens is 364 g/mol. The molecule has 29 heavy (non-hydrogen) atoms. The Balaban J connectivity index is 1.25. The van der Waals surface area contributed by atoms with Crippen LogP contribution in [-0.2, 0) is 18.3 Å². The zero-order valence-electron chi connectivity index (χ0n) is 16.5. The molecule has 1 amide bonds. The van der Waals surface area contributed by atoms with E-state index >= 15 is 0 Å². The van der Waals surface area contributed by atoms with Crippen LogP contribution in [0.2, 0.25) is 0 Å². The minimum atomic E-state index is 0.0470. The van der Waals surface area contributed by atoms with E-state index in [9.17, 15) is 4.79 Å². The molecule has 1 fully saturated rings. The molecule has 1 saturated heterocycles. The Labute approximate surface area is 169 Å². The van der Waals surface area contributed by atoms with Crippen molar-refractivity contribution in [1.29, 1.82) is 0 Å². The van der Waals surface area contributed by atoms with Gasteiger partial charge in [-0.2, -0.15) is 4.98 Å². The summed E-state index contributed by atoms with van der Waals surface area (Å²) < 4.78 is 8.01. The second-order valence-electron chi connectivity index (χ2n) is 7.72. The van der Waals surface area contributed by atoms with Crippen LogP contribution in [0.1, 0.15) is 18.4 Å². The monoisotopic (exact) mass is 388 g/mol. The van der Waals surface area contributed by atoms with E-state index in [-0.39, 0.29) is 11.9 Å². The Hall–Kier alpha value is -3.28. The molecule has 3 heterocycles. The molecule has 1 aliphatic rings. The van der Waals surface area contributed by atoms with Gasteiger partial charge in [-0.25, -0.2) is 0 Å². The first-order valence-electron chi connectivity index (χ1n) is 10.1. The zero-order chi connectivity index (χ0) is 19.8. The first-order chi connectivity index (χ1) is 14.2. The first-order valence-corrected chi connectivity index (χ1v) is 10.1. The van der Waals surface area contributed by atoms with Crippen molar-refractivity contribution in [1.82, 2.24) is 14.9 Å². The molecule has 6 nitrogen and oxygen atoms in total. The average molecular weight is 388 g/mol. The summed E-state index contributed by atoms with van der Waals surface area (Å²) in [4.78, 5) is 19.4. The predicted octanol–water partition coefficient (Wildman–Crippen LogP) is 3.65. The van der Waals surface area contributed by atoms with Crippen LogP contribution in [0.4, 0.5) is 6.01 Å². The maximum Gasteiger partial charge on any atom is 0.298 e. The van der Waals surface area contributed by atoms with Crippen LogP contribution in [0.15, 0.2) is 59.1 Å². The van der Waals surface area contributed by atoms with Crippen LogP contribution in [0.25, 0.3) is 22.0 Å². The summed E-state index contributed by atoms with van der Waals surface area (Å²) in [6, 6.07) is 16.8. The summed E-state index contributed by atoms with van der Waals surface area (Å²) in [5.41, 5.74) is 3.87. The highest BCUT2D eigenvalue weighted by atomic mass is 16.4. The van der Waals surface area contributed by atoms with Gasteiger partial charge in [-0.05, 0) is 36.6 Å². The molecule has 1 aliphatic heterocycles. The Kier molecular flexibility index (Phi) is 4.46. The summed E-state index contributed by atoms with van der Waals surface area (Å²) in [7, 11) is 2.01. The van der Waals surface area contributed by atoms with Gasteiger partial charge in [0.25, 0.3) is 6.01 Å². The molecule has 1 atom stereocenters. The number of nitrogens with zero attached hydrogens (tertiary/aromatic N) is 3. The molecule has 4 aromatic rings. The maximum atomic E-state index is 12.6. The molecule has 0 radical (unpaired) electrons. The van der Waals surface area contributed by atoms with E-state index in [0.717, 1.165) is 47.0 Å². The largest absolute Gasteiger partial charge is 0.423 e. The highest BCUT2D eigenvalue weighted by Crippen LogP contribution is 2.28. The first kappa shape index (κ1) is 17.8. The molecule has 1 N–H and O–H groups in total. The highest BCUT2D eigenvalue weighted by molar-refractivity contribution is 5.89. The number of nitrogens with one attached hydrogen (secondary N) is 1. The third-order valence-corrected chi connectivity index (χ3v) is 5.77. The molecule has 148 valence electrons. The van der Waals surface area contributed by atoms with Gasteiger partial charge in [-0.1, -0.05) is 30.3 Å². The van der Waals surface area contributed by atoms with E-state index in [1.807, 2.05) is 49.6 Å². The topological polar surface area (TPSA) is 63.3 Å². The number of hydrogen-bond donors (Lipinski definition) is 1. The normalized spacial score (nSPS) is 16.7. The molecule has 0 aliphatic carbocycles. The van der Waals surface area contributed by atoms with Gasteiger partial charge in [0.1, 0.15) is 5.52 Å². The van der Waals surface area contributed by atoms with Crippen molar-refractivity contribution in [2.75, 3.05) is 18.0 Å². The summed E-state index contributed by atoms with van der Waals surface area (Å²) in [5, 5.41) is 4.26. The molecule has 2 aromatic carbocycles. The Morgan fingerprint density at radius 2 is 2.03 bits per heavy atom. The number of rotatable bonds is 5. The van der Waals surface area contributed by atoms with Gasteiger partial charge in [0.15, 0.2) is 5.58 Å². The number of anilines is 1. The minimum Gasteiger partial charge on any atom is -0.423 e. The fraction of sp³-hybridized carbons (Fsp3) is 0.304. The van der Waals surface area contributed by atoms with Crippen LogP contribution in [0.3, 0.4) is 0 Å². The van der Waals surface area contributed by atoms with Gasteiger partial charge in [0, 0.05) is 37.2 Å². The average Bonchev–Trinajstić information content (AvgIpc) is 3.44. The van der Waals surface area contributed by atoms with Gasteiger partial charge >= 0.3 is 0 Å². The lowest BCUT2D eigenvalue weighted by molar-refractivity contribution is -0.120. The lowest BCUT2D eigenvalue weighted by atomic mass is 10.1. The molecule has 5 rings (SSSR count). The van der Waals surface area contributed by atoms with Gasteiger partial charge in [0.2, 0.25) is 5.91 Å². The molecule has 6 heteroatoms. The Morgan fingerprint density at radius 1 is 1.21 bits per heavy atom. The second-order valence-corrected chi connectivity index (χ2v) is 7.72. The van der Waals surface area contributed by atoms with Gasteiger partial charge in [-0.3, -0.25) is 4.79 Å². The number of oxazole rings is 1. The van der Waals surface area contributed by atoms with Gasteiger partial charge in [-0.15, -0.1) is 0 Å². The molecule has 0 saturated carbocycles. The number of carbonyl (C=O) groups excluding carboxylic acids is 1. The lowest BCUT2D eigenvalue weighted by Gasteiger charge is -2.23. The molecule has 0 bridgehead atoms. The number of amides is 1. The zero-order valence-corrected chi connectivity index (χ0v) is 16.5. The third-order valence-electron chi connectivity index (χ3n) is 5.77. The lowest BCUT2D eigenvalue weighted by Crippen LogP contribution is -2.40. The number of hydrogen-bond acceptors (Lipinski definition) is 4. The van der Waals surface area contributed by atoms with Crippen molar-refractivity contribution in [3.63, 3.8) is 0 Å². The number of para-hydroxylation sites is 3. The fourth-order valence-electron chi connectivity index (χ4n) is 4.32. The highest BCUT2D eigenvalue weighted by Gasteiger charge is 2.28. The summed E-state index contributed by atoms with van der Waals surface area (Å²) in [5.74, 6) is 0.0470. The van der Waals surface area contributed by atoms with E-state index in [4.69, 9.17) is 4.42 Å². The van der Waals surface area contributed by atoms with Crippen LogP contribution in [0, 0.1) is 0 Å². The number of aromatic nitrogens is 2. The minimum absolute atomic E-state index is 0.0470. The summed E-state index contributed by atoms with van der Waals surface area (Å²) in [6.07, 6.45) is 4.53. The van der Waals surface area contributed by atoms with Gasteiger partial charge < -0.3 is 19.2 Å². The van der Waals surface area contributed by atoms with Crippen molar-refractivity contribution >= 4 is 33.9 Å². The second kappa shape index (κ2) is 7.28. The number of fused-ring (bicyclic) bond motifs is 2. The van der Waals surface area contributed by atoms with E-state index < -0.39 is 0 Å².